The first-order valence-corrected chi connectivity index (χ1v) is 5.39. The van der Waals surface area contributed by atoms with E-state index in [1.165, 1.54) is 0 Å². The van der Waals surface area contributed by atoms with Crippen LogP contribution in [0, 0.1) is 17.2 Å². The quantitative estimate of drug-likeness (QED) is 0.387. The van der Waals surface area contributed by atoms with Crippen LogP contribution in [-0.2, 0) is 0 Å². The Balaban J connectivity index is 2.22. The molecule has 1 fully saturated rings. The van der Waals surface area contributed by atoms with E-state index in [0.717, 1.165) is 6.42 Å². The zero-order chi connectivity index (χ0) is 12.1. The maximum absolute atomic E-state index is 11.8. The molecule has 1 aliphatic carbocycles. The van der Waals surface area contributed by atoms with E-state index in [2.05, 4.69) is 10.6 Å². The van der Waals surface area contributed by atoms with E-state index in [9.17, 15) is 9.18 Å². The average molecular weight is 231 g/mol. The molecule has 0 bridgehead atoms. The molecule has 1 amide bonds. The van der Waals surface area contributed by atoms with Gasteiger partial charge in [0.1, 0.15) is 6.67 Å². The van der Waals surface area contributed by atoms with Crippen LogP contribution in [0.3, 0.4) is 0 Å². The van der Waals surface area contributed by atoms with Crippen LogP contribution in [0.1, 0.15) is 13.3 Å². The summed E-state index contributed by atoms with van der Waals surface area (Å²) >= 11 is 0. The molecule has 1 aliphatic rings. The molecule has 16 heavy (non-hydrogen) atoms. The van der Waals surface area contributed by atoms with E-state index in [1.54, 1.807) is 6.92 Å². The summed E-state index contributed by atoms with van der Waals surface area (Å²) in [7, 11) is 0. The van der Waals surface area contributed by atoms with Crippen molar-refractivity contribution in [3.63, 3.8) is 0 Å². The lowest BCUT2D eigenvalue weighted by Crippen LogP contribution is -2.34. The van der Waals surface area contributed by atoms with Crippen LogP contribution in [0.15, 0.2) is 0 Å². The number of halogens is 1. The third-order valence-electron chi connectivity index (χ3n) is 2.87. The fraction of sp³-hybridized carbons (Fsp3) is 0.800. The van der Waals surface area contributed by atoms with Gasteiger partial charge in [-0.1, -0.05) is 0 Å². The summed E-state index contributed by atoms with van der Waals surface area (Å²) in [4.78, 5) is 10.4. The largest absolute Gasteiger partial charge is 0.465 e. The Hall–Kier alpha value is -1.17. The summed E-state index contributed by atoms with van der Waals surface area (Å²) in [5, 5.41) is 21.5. The predicted molar refractivity (Wildman–Crippen MR) is 58.8 cm³/mol. The topological polar surface area (TPSA) is 85.2 Å². The van der Waals surface area contributed by atoms with Crippen LogP contribution in [0.25, 0.3) is 0 Å². The number of carbonyl (C=O) groups is 1. The molecule has 0 heterocycles. The molecule has 6 heteroatoms. The first-order valence-electron chi connectivity index (χ1n) is 5.39. The third kappa shape index (κ3) is 3.77. The highest BCUT2D eigenvalue weighted by atomic mass is 19.1. The van der Waals surface area contributed by atoms with Crippen molar-refractivity contribution in [3.05, 3.63) is 0 Å². The van der Waals surface area contributed by atoms with Crippen molar-refractivity contribution >= 4 is 11.8 Å². The molecule has 0 spiro atoms. The second-order valence-corrected chi connectivity index (χ2v) is 4.14. The van der Waals surface area contributed by atoms with Gasteiger partial charge in [0.15, 0.2) is 0 Å². The lowest BCUT2D eigenvalue weighted by Gasteiger charge is -2.11. The number of hydrogen-bond acceptors (Lipinski definition) is 3. The Morgan fingerprint density at radius 1 is 1.69 bits per heavy atom. The second-order valence-electron chi connectivity index (χ2n) is 4.14. The highest BCUT2D eigenvalue weighted by Gasteiger charge is 2.43. The number of amides is 1. The van der Waals surface area contributed by atoms with Crippen molar-refractivity contribution in [2.24, 2.45) is 11.8 Å². The van der Waals surface area contributed by atoms with Gasteiger partial charge in [-0.2, -0.15) is 0 Å². The van der Waals surface area contributed by atoms with Crippen LogP contribution < -0.4 is 10.6 Å². The van der Waals surface area contributed by atoms with Gasteiger partial charge in [-0.25, -0.2) is 9.18 Å². The summed E-state index contributed by atoms with van der Waals surface area (Å²) in [6, 6.07) is -0.121. The Labute approximate surface area is 93.9 Å². The summed E-state index contributed by atoms with van der Waals surface area (Å²) in [6.07, 6.45) is -0.183. The van der Waals surface area contributed by atoms with E-state index < -0.39 is 12.8 Å². The third-order valence-corrected chi connectivity index (χ3v) is 2.87. The van der Waals surface area contributed by atoms with E-state index >= 15 is 0 Å². The number of nitrogens with one attached hydrogen (secondary N) is 3. The normalized spacial score (nSPS) is 24.9. The van der Waals surface area contributed by atoms with Crippen molar-refractivity contribution in [2.75, 3.05) is 19.8 Å². The smallest absolute Gasteiger partial charge is 0.404 e. The Morgan fingerprint density at radius 2 is 2.38 bits per heavy atom. The minimum absolute atomic E-state index is 0.121. The molecule has 3 unspecified atom stereocenters. The summed E-state index contributed by atoms with van der Waals surface area (Å²) in [5.74, 6) is 0.365. The average Bonchev–Trinajstić information content (AvgIpc) is 2.96. The van der Waals surface area contributed by atoms with E-state index in [0.29, 0.717) is 12.3 Å². The molecule has 4 N–H and O–H groups in total. The summed E-state index contributed by atoms with van der Waals surface area (Å²) in [6.45, 7) is 2.03. The fourth-order valence-corrected chi connectivity index (χ4v) is 1.89. The Bertz CT molecular complexity index is 273. The van der Waals surface area contributed by atoms with Crippen LogP contribution in [0.5, 0.6) is 0 Å². The highest BCUT2D eigenvalue weighted by Crippen LogP contribution is 2.41. The summed E-state index contributed by atoms with van der Waals surface area (Å²) < 4.78 is 11.8. The number of rotatable bonds is 7. The molecule has 5 nitrogen and oxygen atoms in total. The molecule has 0 aromatic heterocycles. The molecule has 0 aromatic carbocycles. The van der Waals surface area contributed by atoms with Crippen LogP contribution in [-0.4, -0.2) is 42.7 Å². The number of carboxylic acid groups (broad SMARTS) is 1. The summed E-state index contributed by atoms with van der Waals surface area (Å²) in [5.41, 5.74) is 0.539. The van der Waals surface area contributed by atoms with Crippen molar-refractivity contribution in [3.8, 4) is 0 Å². The molecule has 0 aliphatic heterocycles. The number of hydrogen-bond donors (Lipinski definition) is 4. The van der Waals surface area contributed by atoms with Crippen molar-refractivity contribution < 1.29 is 14.3 Å². The Kier molecular flexibility index (Phi) is 4.67. The van der Waals surface area contributed by atoms with E-state index in [1.807, 2.05) is 0 Å². The van der Waals surface area contributed by atoms with Gasteiger partial charge < -0.3 is 21.1 Å². The van der Waals surface area contributed by atoms with Crippen LogP contribution >= 0.6 is 0 Å². The van der Waals surface area contributed by atoms with Gasteiger partial charge in [-0.15, -0.1) is 0 Å². The zero-order valence-corrected chi connectivity index (χ0v) is 9.29. The standard InChI is InChI=1S/C10H18FN3O2/c1-6(14-10(15)16)7-4-8(7)9(12)5-13-3-2-11/h6-8,12-14H,2-5H2,1H3,(H,15,16). The molecule has 0 aromatic rings. The molecule has 92 valence electrons. The first-order chi connectivity index (χ1) is 7.56. The Morgan fingerprint density at radius 3 is 2.94 bits per heavy atom. The second kappa shape index (κ2) is 5.79. The van der Waals surface area contributed by atoms with Crippen LogP contribution in [0.4, 0.5) is 9.18 Å². The van der Waals surface area contributed by atoms with Crippen molar-refractivity contribution in [2.45, 2.75) is 19.4 Å². The highest BCUT2D eigenvalue weighted by molar-refractivity contribution is 5.88. The van der Waals surface area contributed by atoms with Crippen molar-refractivity contribution in [1.82, 2.24) is 10.6 Å². The lowest BCUT2D eigenvalue weighted by atomic mass is 10.1. The maximum atomic E-state index is 11.8. The van der Waals surface area contributed by atoms with Gasteiger partial charge in [0, 0.05) is 30.8 Å². The fourth-order valence-electron chi connectivity index (χ4n) is 1.89. The molecule has 1 saturated carbocycles. The number of alkyl halides is 1. The van der Waals surface area contributed by atoms with E-state index in [4.69, 9.17) is 10.5 Å². The molecular weight excluding hydrogens is 213 g/mol. The molecule has 1 rings (SSSR count). The molecule has 0 saturated heterocycles. The van der Waals surface area contributed by atoms with Gasteiger partial charge in [0.05, 0.1) is 0 Å². The maximum Gasteiger partial charge on any atom is 0.404 e. The monoisotopic (exact) mass is 231 g/mol. The van der Waals surface area contributed by atoms with Gasteiger partial charge >= 0.3 is 6.09 Å². The first kappa shape index (κ1) is 12.9. The molecular formula is C10H18FN3O2. The predicted octanol–water partition coefficient (Wildman–Crippen LogP) is 0.857. The van der Waals surface area contributed by atoms with Gasteiger partial charge in [-0.3, -0.25) is 0 Å². The van der Waals surface area contributed by atoms with Crippen molar-refractivity contribution in [1.29, 1.82) is 5.41 Å². The van der Waals surface area contributed by atoms with Gasteiger partial charge in [0.2, 0.25) is 0 Å². The minimum Gasteiger partial charge on any atom is -0.465 e. The van der Waals surface area contributed by atoms with Gasteiger partial charge in [0.25, 0.3) is 0 Å². The lowest BCUT2D eigenvalue weighted by molar-refractivity contribution is 0.189. The zero-order valence-electron chi connectivity index (χ0n) is 9.29. The van der Waals surface area contributed by atoms with Gasteiger partial charge in [-0.05, 0) is 19.3 Å². The minimum atomic E-state index is -1.03. The molecule has 0 radical (unpaired) electrons. The van der Waals surface area contributed by atoms with Crippen LogP contribution in [0.2, 0.25) is 0 Å². The SMILES string of the molecule is CC(NC(=O)O)C1CC1C(=N)CNCCF. The van der Waals surface area contributed by atoms with E-state index in [-0.39, 0.29) is 24.4 Å². The molecule has 3 atom stereocenters.